The summed E-state index contributed by atoms with van der Waals surface area (Å²) in [7, 11) is 0. The van der Waals surface area contributed by atoms with Crippen molar-refractivity contribution in [2.24, 2.45) is 0 Å². The molecule has 11 heteroatoms. The highest BCUT2D eigenvalue weighted by Gasteiger charge is 2.27. The maximum atomic E-state index is 12.9. The third-order valence-electron chi connectivity index (χ3n) is 6.13. The molecule has 35 heavy (non-hydrogen) atoms. The molecule has 0 aromatic heterocycles. The molecule has 0 spiro atoms. The average Bonchev–Trinajstić information content (AvgIpc) is 2.84. The topological polar surface area (TPSA) is 117 Å². The van der Waals surface area contributed by atoms with Gasteiger partial charge < -0.3 is 29.9 Å². The van der Waals surface area contributed by atoms with Crippen LogP contribution in [-0.4, -0.2) is 85.3 Å². The molecule has 192 valence electrons. The van der Waals surface area contributed by atoms with Gasteiger partial charge in [-0.25, -0.2) is 9.59 Å². The van der Waals surface area contributed by atoms with Crippen molar-refractivity contribution in [1.29, 1.82) is 0 Å². The Morgan fingerprint density at radius 3 is 1.49 bits per heavy atom. The van der Waals surface area contributed by atoms with E-state index in [1.54, 1.807) is 41.8 Å². The molecule has 3 rings (SSSR count). The summed E-state index contributed by atoms with van der Waals surface area (Å²) in [6.45, 7) is 6.33. The lowest BCUT2D eigenvalue weighted by Gasteiger charge is -2.32. The van der Waals surface area contributed by atoms with Crippen LogP contribution in [0.1, 0.15) is 60.2 Å². The molecule has 2 heterocycles. The SMILES string of the molecule is CCOC(=O)N1CCC(NC(=O)c2cc(I)cc(C(=O)NC3CCN(C(=O)OCC)CC3)c2)CC1. The maximum Gasteiger partial charge on any atom is 0.409 e. The van der Waals surface area contributed by atoms with Gasteiger partial charge in [0, 0.05) is 53.0 Å². The zero-order valence-corrected chi connectivity index (χ0v) is 22.3. The normalized spacial score (nSPS) is 17.0. The monoisotopic (exact) mass is 600 g/mol. The number of likely N-dealkylation sites (tertiary alicyclic amines) is 2. The molecule has 1 aromatic rings. The van der Waals surface area contributed by atoms with E-state index in [1.165, 1.54) is 0 Å². The third kappa shape index (κ3) is 7.71. The predicted molar refractivity (Wildman–Crippen MR) is 137 cm³/mol. The van der Waals surface area contributed by atoms with Crippen LogP contribution in [0, 0.1) is 3.57 Å². The van der Waals surface area contributed by atoms with E-state index in [4.69, 9.17) is 9.47 Å². The molecule has 0 atom stereocenters. The lowest BCUT2D eigenvalue weighted by atomic mass is 10.0. The molecule has 2 fully saturated rings. The number of hydrogen-bond acceptors (Lipinski definition) is 6. The van der Waals surface area contributed by atoms with Crippen LogP contribution in [0.4, 0.5) is 9.59 Å². The van der Waals surface area contributed by atoms with Gasteiger partial charge in [0.05, 0.1) is 13.2 Å². The highest BCUT2D eigenvalue weighted by molar-refractivity contribution is 14.1. The first-order valence-electron chi connectivity index (χ1n) is 12.1. The first-order chi connectivity index (χ1) is 16.8. The van der Waals surface area contributed by atoms with E-state index in [0.29, 0.717) is 76.2 Å². The molecule has 0 radical (unpaired) electrons. The number of carbonyl (C=O) groups excluding carboxylic acids is 4. The van der Waals surface area contributed by atoms with Crippen LogP contribution in [0.3, 0.4) is 0 Å². The Kier molecular flexibility index (Phi) is 9.99. The van der Waals surface area contributed by atoms with Crippen LogP contribution in [-0.2, 0) is 9.47 Å². The van der Waals surface area contributed by atoms with Gasteiger partial charge in [0.15, 0.2) is 0 Å². The van der Waals surface area contributed by atoms with E-state index < -0.39 is 0 Å². The number of carbonyl (C=O) groups is 4. The highest BCUT2D eigenvalue weighted by Crippen LogP contribution is 2.17. The molecule has 2 aliphatic heterocycles. The quantitative estimate of drug-likeness (QED) is 0.485. The van der Waals surface area contributed by atoms with Crippen LogP contribution < -0.4 is 10.6 Å². The molecular formula is C24H33IN4O6. The zero-order chi connectivity index (χ0) is 25.4. The first-order valence-corrected chi connectivity index (χ1v) is 13.1. The van der Waals surface area contributed by atoms with Crippen molar-refractivity contribution in [2.75, 3.05) is 39.4 Å². The standard InChI is InChI=1S/C24H33IN4O6/c1-3-34-23(32)28-9-5-19(6-10-28)26-21(30)16-13-17(15-18(25)14-16)22(31)27-20-7-11-29(12-8-20)24(33)35-4-2/h13-15,19-20H,3-12H2,1-2H3,(H,26,30)(H,27,31). The summed E-state index contributed by atoms with van der Waals surface area (Å²) in [5.74, 6) is -0.482. The van der Waals surface area contributed by atoms with Crippen molar-refractivity contribution in [3.63, 3.8) is 0 Å². The van der Waals surface area contributed by atoms with Gasteiger partial charge >= 0.3 is 12.2 Å². The minimum atomic E-state index is -0.322. The smallest absolute Gasteiger partial charge is 0.409 e. The number of amides is 4. The largest absolute Gasteiger partial charge is 0.450 e. The number of ether oxygens (including phenoxy) is 2. The number of hydrogen-bond donors (Lipinski definition) is 2. The summed E-state index contributed by atoms with van der Waals surface area (Å²) in [4.78, 5) is 52.8. The molecule has 2 aliphatic rings. The average molecular weight is 600 g/mol. The Morgan fingerprint density at radius 1 is 0.771 bits per heavy atom. The summed E-state index contributed by atoms with van der Waals surface area (Å²) < 4.78 is 10.9. The van der Waals surface area contributed by atoms with E-state index in [9.17, 15) is 19.2 Å². The molecule has 2 N–H and O–H groups in total. The van der Waals surface area contributed by atoms with Gasteiger partial charge in [-0.1, -0.05) is 0 Å². The summed E-state index contributed by atoms with van der Waals surface area (Å²) in [5.41, 5.74) is 0.846. The molecule has 2 saturated heterocycles. The molecule has 0 bridgehead atoms. The van der Waals surface area contributed by atoms with E-state index in [-0.39, 0.29) is 36.1 Å². The van der Waals surface area contributed by atoms with E-state index in [0.717, 1.165) is 3.57 Å². The van der Waals surface area contributed by atoms with Gasteiger partial charge in [-0.3, -0.25) is 9.59 Å². The second-order valence-corrected chi connectivity index (χ2v) is 9.84. The number of nitrogens with zero attached hydrogens (tertiary/aromatic N) is 2. The van der Waals surface area contributed by atoms with Crippen LogP contribution >= 0.6 is 22.6 Å². The van der Waals surface area contributed by atoms with E-state index in [1.807, 2.05) is 0 Å². The highest BCUT2D eigenvalue weighted by atomic mass is 127. The number of rotatable bonds is 6. The van der Waals surface area contributed by atoms with Crippen LogP contribution in [0.5, 0.6) is 0 Å². The van der Waals surface area contributed by atoms with Gasteiger partial charge in [-0.15, -0.1) is 0 Å². The Balaban J connectivity index is 1.53. The fourth-order valence-corrected chi connectivity index (χ4v) is 4.90. The minimum Gasteiger partial charge on any atom is -0.450 e. The third-order valence-corrected chi connectivity index (χ3v) is 6.76. The van der Waals surface area contributed by atoms with Crippen LogP contribution in [0.15, 0.2) is 18.2 Å². The first kappa shape index (κ1) is 27.0. The molecule has 0 aliphatic carbocycles. The molecule has 0 unspecified atom stereocenters. The number of nitrogens with one attached hydrogen (secondary N) is 2. The van der Waals surface area contributed by atoms with Crippen LogP contribution in [0.2, 0.25) is 0 Å². The van der Waals surface area contributed by atoms with E-state index >= 15 is 0 Å². The van der Waals surface area contributed by atoms with Gasteiger partial charge in [0.25, 0.3) is 11.8 Å². The lowest BCUT2D eigenvalue weighted by molar-refractivity contribution is 0.0849. The van der Waals surface area contributed by atoms with Gasteiger partial charge in [0.1, 0.15) is 0 Å². The fraction of sp³-hybridized carbons (Fsp3) is 0.583. The number of piperidine rings is 2. The van der Waals surface area contributed by atoms with E-state index in [2.05, 4.69) is 33.2 Å². The predicted octanol–water partition coefficient (Wildman–Crippen LogP) is 2.99. The second-order valence-electron chi connectivity index (χ2n) is 8.60. The molecule has 1 aromatic carbocycles. The van der Waals surface area contributed by atoms with Crippen molar-refractivity contribution >= 4 is 46.6 Å². The molecule has 0 saturated carbocycles. The Hall–Kier alpha value is -2.57. The van der Waals surface area contributed by atoms with Crippen molar-refractivity contribution < 1.29 is 28.7 Å². The van der Waals surface area contributed by atoms with Gasteiger partial charge in [-0.2, -0.15) is 0 Å². The second kappa shape index (κ2) is 12.9. The minimum absolute atomic E-state index is 0.0482. The molecule has 10 nitrogen and oxygen atoms in total. The molecular weight excluding hydrogens is 567 g/mol. The Labute approximate surface area is 219 Å². The summed E-state index contributed by atoms with van der Waals surface area (Å²) in [6.07, 6.45) is 1.94. The summed E-state index contributed by atoms with van der Waals surface area (Å²) in [6, 6.07) is 5.01. The Morgan fingerprint density at radius 2 is 1.14 bits per heavy atom. The summed E-state index contributed by atoms with van der Waals surface area (Å²) in [5, 5.41) is 6.05. The lowest BCUT2D eigenvalue weighted by Crippen LogP contribution is -2.47. The van der Waals surface area contributed by atoms with Crippen LogP contribution in [0.25, 0.3) is 0 Å². The molecule has 4 amide bonds. The number of halogens is 1. The maximum absolute atomic E-state index is 12.9. The Bertz CT molecular complexity index is 856. The fourth-order valence-electron chi connectivity index (χ4n) is 4.23. The van der Waals surface area contributed by atoms with Crippen molar-refractivity contribution in [3.8, 4) is 0 Å². The van der Waals surface area contributed by atoms with Crippen molar-refractivity contribution in [3.05, 3.63) is 32.9 Å². The van der Waals surface area contributed by atoms with Gasteiger partial charge in [-0.05, 0) is 80.3 Å². The van der Waals surface area contributed by atoms with Crippen molar-refractivity contribution in [1.82, 2.24) is 20.4 Å². The van der Waals surface area contributed by atoms with Crippen molar-refractivity contribution in [2.45, 2.75) is 51.6 Å². The number of benzene rings is 1. The zero-order valence-electron chi connectivity index (χ0n) is 20.2. The van der Waals surface area contributed by atoms with Gasteiger partial charge in [0.2, 0.25) is 0 Å². The summed E-state index contributed by atoms with van der Waals surface area (Å²) >= 11 is 2.10.